The SMILES string of the molecule is Cn1c(CN2C[C@@H]3C[C@H](C2)c2cccc(=O)n2C3)cc(=O)c(O)c1CN1CCCCC1. The molecule has 0 unspecified atom stereocenters. The van der Waals surface area contributed by atoms with Crippen LogP contribution in [0.25, 0.3) is 0 Å². The van der Waals surface area contributed by atoms with E-state index in [4.69, 9.17) is 0 Å². The van der Waals surface area contributed by atoms with Gasteiger partial charge in [-0.2, -0.15) is 0 Å². The first-order valence-electron chi connectivity index (χ1n) is 11.5. The molecular formula is C24H32N4O3. The van der Waals surface area contributed by atoms with Gasteiger partial charge in [-0.25, -0.2) is 0 Å². The Hall–Kier alpha value is -2.38. The van der Waals surface area contributed by atoms with Crippen molar-refractivity contribution >= 4 is 0 Å². The molecule has 5 rings (SSSR count). The fourth-order valence-corrected chi connectivity index (χ4v) is 5.81. The van der Waals surface area contributed by atoms with Crippen LogP contribution in [0.5, 0.6) is 5.75 Å². The van der Waals surface area contributed by atoms with E-state index in [0.717, 1.165) is 56.2 Å². The monoisotopic (exact) mass is 424 g/mol. The minimum Gasteiger partial charge on any atom is -0.503 e. The number of aromatic nitrogens is 2. The molecule has 0 aromatic carbocycles. The molecule has 0 radical (unpaired) electrons. The molecule has 7 nitrogen and oxygen atoms in total. The van der Waals surface area contributed by atoms with Gasteiger partial charge in [0, 0.05) is 69.2 Å². The van der Waals surface area contributed by atoms with Crippen LogP contribution in [0.3, 0.4) is 0 Å². The minimum absolute atomic E-state index is 0.101. The fourth-order valence-electron chi connectivity index (χ4n) is 5.81. The standard InChI is InChI=1S/C24H32N4O3/c1-25-19(11-22(29)24(31)21(25)16-26-8-3-2-4-9-26)15-27-12-17-10-18(14-27)20-6-5-7-23(30)28(20)13-17/h5-7,11,17-18,31H,2-4,8-10,12-16H2,1H3/t17-,18+/m0/s1. The third-order valence-electron chi connectivity index (χ3n) is 7.40. The molecule has 3 aliphatic heterocycles. The second-order valence-electron chi connectivity index (χ2n) is 9.58. The number of nitrogens with zero attached hydrogens (tertiary/aromatic N) is 4. The van der Waals surface area contributed by atoms with Crippen molar-refractivity contribution in [2.75, 3.05) is 26.2 Å². The molecule has 0 amide bonds. The van der Waals surface area contributed by atoms with Gasteiger partial charge in [-0.15, -0.1) is 0 Å². The number of fused-ring (bicyclic) bond motifs is 4. The number of likely N-dealkylation sites (tertiary alicyclic amines) is 2. The maximum absolute atomic E-state index is 12.6. The van der Waals surface area contributed by atoms with E-state index in [1.807, 2.05) is 22.2 Å². The van der Waals surface area contributed by atoms with Crippen LogP contribution in [0.4, 0.5) is 0 Å². The van der Waals surface area contributed by atoms with Gasteiger partial charge in [0.25, 0.3) is 5.56 Å². The topological polar surface area (TPSA) is 70.7 Å². The van der Waals surface area contributed by atoms with Gasteiger partial charge in [-0.1, -0.05) is 12.5 Å². The van der Waals surface area contributed by atoms with Crippen molar-refractivity contribution in [1.29, 1.82) is 0 Å². The molecule has 31 heavy (non-hydrogen) atoms. The average molecular weight is 425 g/mol. The van der Waals surface area contributed by atoms with Gasteiger partial charge < -0.3 is 14.2 Å². The molecule has 2 aromatic heterocycles. The molecule has 2 bridgehead atoms. The highest BCUT2D eigenvalue weighted by Crippen LogP contribution is 2.35. The maximum Gasteiger partial charge on any atom is 0.250 e. The Bertz CT molecular complexity index is 1080. The number of rotatable bonds is 4. The summed E-state index contributed by atoms with van der Waals surface area (Å²) in [6.45, 7) is 5.93. The summed E-state index contributed by atoms with van der Waals surface area (Å²) in [6, 6.07) is 7.19. The molecule has 0 spiro atoms. The van der Waals surface area contributed by atoms with Crippen molar-refractivity contribution in [2.45, 2.75) is 51.2 Å². The molecule has 0 saturated carbocycles. The van der Waals surface area contributed by atoms with E-state index in [1.54, 1.807) is 12.1 Å². The van der Waals surface area contributed by atoms with Gasteiger partial charge in [0.15, 0.2) is 5.75 Å². The highest BCUT2D eigenvalue weighted by molar-refractivity contribution is 5.30. The predicted molar refractivity (Wildman–Crippen MR) is 119 cm³/mol. The van der Waals surface area contributed by atoms with Crippen molar-refractivity contribution in [3.63, 3.8) is 0 Å². The van der Waals surface area contributed by atoms with Crippen LogP contribution < -0.4 is 11.0 Å². The number of pyridine rings is 2. The lowest BCUT2D eigenvalue weighted by Gasteiger charge is -2.43. The van der Waals surface area contributed by atoms with E-state index in [2.05, 4.69) is 15.9 Å². The van der Waals surface area contributed by atoms with Crippen LogP contribution in [-0.2, 0) is 26.7 Å². The Kier molecular flexibility index (Phi) is 5.48. The van der Waals surface area contributed by atoms with Gasteiger partial charge in [0.2, 0.25) is 5.43 Å². The third kappa shape index (κ3) is 3.96. The number of hydrogen-bond donors (Lipinski definition) is 1. The fraction of sp³-hybridized carbons (Fsp3) is 0.583. The van der Waals surface area contributed by atoms with E-state index in [-0.39, 0.29) is 16.7 Å². The summed E-state index contributed by atoms with van der Waals surface area (Å²) in [5, 5.41) is 10.5. The van der Waals surface area contributed by atoms with Crippen LogP contribution in [0.15, 0.2) is 33.9 Å². The zero-order chi connectivity index (χ0) is 21.5. The summed E-state index contributed by atoms with van der Waals surface area (Å²) in [4.78, 5) is 29.6. The van der Waals surface area contributed by atoms with E-state index >= 15 is 0 Å². The number of hydrogen-bond acceptors (Lipinski definition) is 5. The van der Waals surface area contributed by atoms with Gasteiger partial charge in [-0.05, 0) is 44.3 Å². The average Bonchev–Trinajstić information content (AvgIpc) is 2.76. The number of aromatic hydroxyl groups is 1. The second-order valence-corrected chi connectivity index (χ2v) is 9.58. The Morgan fingerprint density at radius 3 is 2.61 bits per heavy atom. The van der Waals surface area contributed by atoms with Gasteiger partial charge in [0.05, 0.1) is 5.69 Å². The lowest BCUT2D eigenvalue weighted by atomic mass is 9.83. The van der Waals surface area contributed by atoms with Gasteiger partial charge in [-0.3, -0.25) is 19.4 Å². The molecule has 166 valence electrons. The molecule has 1 N–H and O–H groups in total. The highest BCUT2D eigenvalue weighted by Gasteiger charge is 2.34. The van der Waals surface area contributed by atoms with Crippen molar-refractivity contribution < 1.29 is 5.11 Å². The summed E-state index contributed by atoms with van der Waals surface area (Å²) < 4.78 is 3.97. The van der Waals surface area contributed by atoms with Crippen LogP contribution in [-0.4, -0.2) is 50.2 Å². The van der Waals surface area contributed by atoms with Gasteiger partial charge in [0.1, 0.15) is 0 Å². The first-order valence-corrected chi connectivity index (χ1v) is 11.5. The Morgan fingerprint density at radius 2 is 1.81 bits per heavy atom. The summed E-state index contributed by atoms with van der Waals surface area (Å²) in [5.41, 5.74) is 2.62. The molecule has 7 heteroatoms. The summed E-state index contributed by atoms with van der Waals surface area (Å²) in [5.74, 6) is 0.692. The van der Waals surface area contributed by atoms with E-state index in [1.165, 1.54) is 19.3 Å². The Morgan fingerprint density at radius 1 is 1.00 bits per heavy atom. The van der Waals surface area contributed by atoms with E-state index in [9.17, 15) is 14.7 Å². The second kappa shape index (κ2) is 8.28. The predicted octanol–water partition coefficient (Wildman–Crippen LogP) is 1.86. The number of piperidine rings is 2. The van der Waals surface area contributed by atoms with Gasteiger partial charge >= 0.3 is 0 Å². The zero-order valence-corrected chi connectivity index (χ0v) is 18.3. The summed E-state index contributed by atoms with van der Waals surface area (Å²) >= 11 is 0. The van der Waals surface area contributed by atoms with Crippen LogP contribution in [0.1, 0.15) is 48.7 Å². The quantitative estimate of drug-likeness (QED) is 0.811. The molecule has 0 aliphatic carbocycles. The molecule has 2 saturated heterocycles. The Labute approximate surface area is 182 Å². The summed E-state index contributed by atoms with van der Waals surface area (Å²) in [7, 11) is 1.97. The lowest BCUT2D eigenvalue weighted by molar-refractivity contribution is 0.112. The first-order chi connectivity index (χ1) is 15.0. The van der Waals surface area contributed by atoms with Crippen LogP contribution in [0, 0.1) is 5.92 Å². The molecule has 5 heterocycles. The highest BCUT2D eigenvalue weighted by atomic mass is 16.3. The van der Waals surface area contributed by atoms with Crippen LogP contribution in [0.2, 0.25) is 0 Å². The lowest BCUT2D eigenvalue weighted by Crippen LogP contribution is -2.47. The van der Waals surface area contributed by atoms with Crippen molar-refractivity contribution in [1.82, 2.24) is 18.9 Å². The van der Waals surface area contributed by atoms with E-state index < -0.39 is 0 Å². The third-order valence-corrected chi connectivity index (χ3v) is 7.40. The van der Waals surface area contributed by atoms with Crippen LogP contribution >= 0.6 is 0 Å². The smallest absolute Gasteiger partial charge is 0.250 e. The molecule has 3 aliphatic rings. The Balaban J connectivity index is 1.38. The van der Waals surface area contributed by atoms with Crippen molar-refractivity contribution in [3.05, 3.63) is 61.9 Å². The molecule has 2 atom stereocenters. The zero-order valence-electron chi connectivity index (χ0n) is 18.3. The van der Waals surface area contributed by atoms with Crippen molar-refractivity contribution in [3.8, 4) is 5.75 Å². The largest absolute Gasteiger partial charge is 0.503 e. The first kappa shape index (κ1) is 20.5. The maximum atomic E-state index is 12.6. The van der Waals surface area contributed by atoms with Crippen molar-refractivity contribution in [2.24, 2.45) is 13.0 Å². The van der Waals surface area contributed by atoms with E-state index in [0.29, 0.717) is 24.9 Å². The molecular weight excluding hydrogens is 392 g/mol. The normalized spacial score (nSPS) is 24.2. The summed E-state index contributed by atoms with van der Waals surface area (Å²) in [6.07, 6.45) is 4.73. The minimum atomic E-state index is -0.283. The molecule has 2 fully saturated rings. The molecule has 2 aromatic rings.